The number of nitrogens with zero attached hydrogens (tertiary/aromatic N) is 1. The summed E-state index contributed by atoms with van der Waals surface area (Å²) in [7, 11) is 0. The Morgan fingerprint density at radius 2 is 2.11 bits per heavy atom. The summed E-state index contributed by atoms with van der Waals surface area (Å²) in [4.78, 5) is 35.4. The molecule has 0 aromatic heterocycles. The van der Waals surface area contributed by atoms with E-state index in [2.05, 4.69) is 0 Å². The van der Waals surface area contributed by atoms with Crippen LogP contribution in [0.25, 0.3) is 0 Å². The average Bonchev–Trinajstić information content (AvgIpc) is 2.63. The zero-order valence-electron chi connectivity index (χ0n) is 9.07. The van der Waals surface area contributed by atoms with Gasteiger partial charge in [-0.15, -0.1) is 11.6 Å². The molecule has 1 aromatic carbocycles. The molecule has 0 aliphatic carbocycles. The van der Waals surface area contributed by atoms with Crippen LogP contribution >= 0.6 is 23.2 Å². The van der Waals surface area contributed by atoms with Crippen molar-refractivity contribution in [3.8, 4) is 0 Å². The Hall–Kier alpha value is -1.59. The first-order chi connectivity index (χ1) is 8.52. The minimum absolute atomic E-state index is 0.0817. The highest BCUT2D eigenvalue weighted by atomic mass is 35.5. The lowest BCUT2D eigenvalue weighted by Crippen LogP contribution is -2.45. The van der Waals surface area contributed by atoms with Gasteiger partial charge in [0, 0.05) is 5.02 Å². The molecule has 2 rings (SSSR count). The molecule has 0 bridgehead atoms. The maximum atomic E-state index is 11.8. The van der Waals surface area contributed by atoms with Crippen LogP contribution in [-0.2, 0) is 16.0 Å². The quantitative estimate of drug-likeness (QED) is 0.799. The highest BCUT2D eigenvalue weighted by molar-refractivity contribution is 6.32. The van der Waals surface area contributed by atoms with Crippen LogP contribution in [0.5, 0.6) is 0 Å². The van der Waals surface area contributed by atoms with Crippen molar-refractivity contribution in [1.82, 2.24) is 5.32 Å². The van der Waals surface area contributed by atoms with Gasteiger partial charge in [-0.3, -0.25) is 14.9 Å². The largest absolute Gasteiger partial charge is 0.335 e. The number of alkyl halides is 1. The number of carbonyl (C=O) groups excluding carboxylic acids is 3. The van der Waals surface area contributed by atoms with E-state index in [1.165, 1.54) is 0 Å². The number of urea groups is 1. The van der Waals surface area contributed by atoms with Crippen molar-refractivity contribution in [2.75, 3.05) is 10.8 Å². The van der Waals surface area contributed by atoms with Crippen LogP contribution in [0.2, 0.25) is 5.02 Å². The lowest BCUT2D eigenvalue weighted by molar-refractivity contribution is -0.117. The van der Waals surface area contributed by atoms with Crippen LogP contribution in [0.3, 0.4) is 0 Å². The molecule has 0 saturated heterocycles. The molecule has 0 unspecified atom stereocenters. The third kappa shape index (κ3) is 2.32. The second-order valence-corrected chi connectivity index (χ2v) is 4.37. The number of amides is 4. The molecule has 1 N–H and O–H groups in total. The van der Waals surface area contributed by atoms with Crippen LogP contribution in [0.1, 0.15) is 5.56 Å². The van der Waals surface area contributed by atoms with Gasteiger partial charge in [-0.25, -0.2) is 9.69 Å². The molecule has 7 heteroatoms. The number of fused-ring (bicyclic) bond motifs is 1. The van der Waals surface area contributed by atoms with Crippen LogP contribution in [-0.4, -0.2) is 23.7 Å². The predicted octanol–water partition coefficient (Wildman–Crippen LogP) is 1.70. The lowest BCUT2D eigenvalue weighted by atomic mass is 10.2. The Morgan fingerprint density at radius 3 is 2.78 bits per heavy atom. The molecule has 0 saturated carbocycles. The summed E-state index contributed by atoms with van der Waals surface area (Å²) in [6.45, 7) is 0. The fourth-order valence-corrected chi connectivity index (χ4v) is 1.98. The summed E-state index contributed by atoms with van der Waals surface area (Å²) in [5.74, 6) is -1.41. The lowest BCUT2D eigenvalue weighted by Gasteiger charge is -2.15. The molecule has 5 nitrogen and oxygen atoms in total. The summed E-state index contributed by atoms with van der Waals surface area (Å²) in [5, 5.41) is 2.51. The average molecular weight is 287 g/mol. The van der Waals surface area contributed by atoms with Crippen LogP contribution in [0.15, 0.2) is 18.2 Å². The minimum Gasteiger partial charge on any atom is -0.276 e. The van der Waals surface area contributed by atoms with E-state index in [1.54, 1.807) is 18.2 Å². The first kappa shape index (κ1) is 12.9. The van der Waals surface area contributed by atoms with Gasteiger partial charge >= 0.3 is 6.03 Å². The van der Waals surface area contributed by atoms with Crippen molar-refractivity contribution >= 4 is 46.7 Å². The fraction of sp³-hybridized carbons (Fsp3) is 0.182. The molecular weight excluding hydrogens is 279 g/mol. The van der Waals surface area contributed by atoms with Gasteiger partial charge in [0.15, 0.2) is 0 Å². The summed E-state index contributed by atoms with van der Waals surface area (Å²) < 4.78 is 0. The third-order valence-electron chi connectivity index (χ3n) is 2.44. The molecule has 0 spiro atoms. The van der Waals surface area contributed by atoms with Crippen LogP contribution < -0.4 is 10.2 Å². The highest BCUT2D eigenvalue weighted by Crippen LogP contribution is 2.31. The van der Waals surface area contributed by atoms with E-state index in [9.17, 15) is 14.4 Å². The summed E-state index contributed by atoms with van der Waals surface area (Å²) in [5.41, 5.74) is 1.09. The first-order valence-corrected chi connectivity index (χ1v) is 5.95. The Labute approximate surface area is 113 Å². The number of halogens is 2. The molecule has 1 heterocycles. The number of hydrogen-bond donors (Lipinski definition) is 1. The number of carbonyl (C=O) groups is 3. The van der Waals surface area contributed by atoms with E-state index in [0.29, 0.717) is 16.3 Å². The van der Waals surface area contributed by atoms with Crippen molar-refractivity contribution in [2.45, 2.75) is 6.42 Å². The van der Waals surface area contributed by atoms with E-state index in [0.717, 1.165) is 4.90 Å². The van der Waals surface area contributed by atoms with Gasteiger partial charge in [0.1, 0.15) is 5.88 Å². The first-order valence-electron chi connectivity index (χ1n) is 5.04. The zero-order valence-corrected chi connectivity index (χ0v) is 10.6. The normalized spacial score (nSPS) is 13.4. The molecule has 1 aliphatic rings. The number of benzene rings is 1. The van der Waals surface area contributed by atoms with Gasteiger partial charge in [0.25, 0.3) is 0 Å². The number of nitrogens with one attached hydrogen (secondary N) is 1. The van der Waals surface area contributed by atoms with Crippen molar-refractivity contribution in [3.63, 3.8) is 0 Å². The number of imide groups is 2. The minimum atomic E-state index is -0.799. The highest BCUT2D eigenvalue weighted by Gasteiger charge is 2.33. The summed E-state index contributed by atoms with van der Waals surface area (Å²) in [6, 6.07) is 3.95. The van der Waals surface area contributed by atoms with E-state index >= 15 is 0 Å². The molecule has 18 heavy (non-hydrogen) atoms. The molecule has 0 atom stereocenters. The maximum Gasteiger partial charge on any atom is 0.335 e. The van der Waals surface area contributed by atoms with Crippen molar-refractivity contribution in [2.24, 2.45) is 0 Å². The van der Waals surface area contributed by atoms with Crippen molar-refractivity contribution in [3.05, 3.63) is 28.8 Å². The van der Waals surface area contributed by atoms with Gasteiger partial charge in [0.05, 0.1) is 12.1 Å². The number of rotatable bonds is 1. The standard InChI is InChI=1S/C11H8Cl2N2O3/c12-5-9(16)14-11(18)15-8-2-1-7(13)3-6(8)4-10(15)17/h1-3H,4-5H2,(H,14,16,18). The van der Waals surface area contributed by atoms with Gasteiger partial charge in [-0.05, 0) is 23.8 Å². The Morgan fingerprint density at radius 1 is 1.39 bits per heavy atom. The van der Waals surface area contributed by atoms with Crippen LogP contribution in [0.4, 0.5) is 10.5 Å². The van der Waals surface area contributed by atoms with E-state index in [-0.39, 0.29) is 12.3 Å². The monoisotopic (exact) mass is 286 g/mol. The predicted molar refractivity (Wildman–Crippen MR) is 66.9 cm³/mol. The van der Waals surface area contributed by atoms with Gasteiger partial charge in [0.2, 0.25) is 11.8 Å². The number of anilines is 1. The summed E-state index contributed by atoms with van der Waals surface area (Å²) in [6.07, 6.45) is 0.0817. The zero-order chi connectivity index (χ0) is 13.3. The van der Waals surface area contributed by atoms with Crippen molar-refractivity contribution in [1.29, 1.82) is 0 Å². The molecule has 0 fully saturated rings. The molecule has 4 amide bonds. The fourth-order valence-electron chi connectivity index (χ4n) is 1.72. The summed E-state index contributed by atoms with van der Waals surface area (Å²) >= 11 is 11.1. The van der Waals surface area contributed by atoms with E-state index in [1.807, 2.05) is 5.32 Å². The molecule has 1 aliphatic heterocycles. The van der Waals surface area contributed by atoms with Gasteiger partial charge < -0.3 is 0 Å². The maximum absolute atomic E-state index is 11.8. The third-order valence-corrected chi connectivity index (χ3v) is 2.92. The van der Waals surface area contributed by atoms with Gasteiger partial charge in [-0.2, -0.15) is 0 Å². The SMILES string of the molecule is O=C(CCl)NC(=O)N1C(=O)Cc2cc(Cl)ccc21. The Balaban J connectivity index is 2.28. The van der Waals surface area contributed by atoms with Crippen LogP contribution in [0, 0.1) is 0 Å². The van der Waals surface area contributed by atoms with E-state index in [4.69, 9.17) is 23.2 Å². The topological polar surface area (TPSA) is 66.5 Å². The molecule has 94 valence electrons. The number of hydrogen-bond acceptors (Lipinski definition) is 3. The molecular formula is C11H8Cl2N2O3. The Kier molecular flexibility index (Phi) is 3.54. The second kappa shape index (κ2) is 4.96. The molecule has 1 aromatic rings. The Bertz CT molecular complexity index is 545. The molecule has 0 radical (unpaired) electrons. The smallest absolute Gasteiger partial charge is 0.276 e. The van der Waals surface area contributed by atoms with Crippen molar-refractivity contribution < 1.29 is 14.4 Å². The van der Waals surface area contributed by atoms with E-state index < -0.39 is 17.8 Å². The second-order valence-electron chi connectivity index (χ2n) is 3.67. The van der Waals surface area contributed by atoms with Gasteiger partial charge in [-0.1, -0.05) is 11.6 Å².